The van der Waals surface area contributed by atoms with E-state index in [0.717, 1.165) is 11.3 Å². The third-order valence-electron chi connectivity index (χ3n) is 5.20. The summed E-state index contributed by atoms with van der Waals surface area (Å²) in [5, 5.41) is 12.6. The largest absolute Gasteiger partial charge is 0.462 e. The molecule has 1 aliphatic heterocycles. The number of amides is 2. The van der Waals surface area contributed by atoms with Crippen molar-refractivity contribution in [3.05, 3.63) is 51.7 Å². The van der Waals surface area contributed by atoms with Crippen LogP contribution in [0.5, 0.6) is 0 Å². The third-order valence-corrected chi connectivity index (χ3v) is 6.39. The highest BCUT2D eigenvalue weighted by atomic mass is 32.1. The van der Waals surface area contributed by atoms with Gasteiger partial charge in [0.25, 0.3) is 5.91 Å². The van der Waals surface area contributed by atoms with Crippen LogP contribution in [-0.2, 0) is 9.53 Å². The van der Waals surface area contributed by atoms with Gasteiger partial charge < -0.3 is 15.0 Å². The normalized spacial score (nSPS) is 14.1. The standard InChI is InChI=1S/C22H22FN3O4S/c1-3-30-22(29)18-13(2)17(12-24)20(31-18)25-19(27)14-8-10-26(11-9-14)21(28)15-4-6-16(23)7-5-15/h4-7,14H,3,8-11H2,1-2H3,(H,25,27). The number of carbonyl (C=O) groups is 3. The molecule has 1 aliphatic rings. The summed E-state index contributed by atoms with van der Waals surface area (Å²) in [7, 11) is 0. The van der Waals surface area contributed by atoms with Crippen molar-refractivity contribution < 1.29 is 23.5 Å². The minimum absolute atomic E-state index is 0.196. The summed E-state index contributed by atoms with van der Waals surface area (Å²) in [6.45, 7) is 4.36. The van der Waals surface area contributed by atoms with E-state index in [2.05, 4.69) is 5.32 Å². The van der Waals surface area contributed by atoms with E-state index < -0.39 is 11.8 Å². The summed E-state index contributed by atoms with van der Waals surface area (Å²) in [4.78, 5) is 39.3. The molecule has 0 unspecified atom stereocenters. The van der Waals surface area contributed by atoms with E-state index >= 15 is 0 Å². The Balaban J connectivity index is 1.63. The lowest BCUT2D eigenvalue weighted by molar-refractivity contribution is -0.121. The number of nitrogens with one attached hydrogen (secondary N) is 1. The summed E-state index contributed by atoms with van der Waals surface area (Å²) in [6, 6.07) is 7.42. The predicted octanol–water partition coefficient (Wildman–Crippen LogP) is 3.73. The summed E-state index contributed by atoms with van der Waals surface area (Å²) < 4.78 is 18.1. The number of esters is 1. The van der Waals surface area contributed by atoms with E-state index in [9.17, 15) is 24.0 Å². The van der Waals surface area contributed by atoms with Crippen molar-refractivity contribution in [3.63, 3.8) is 0 Å². The van der Waals surface area contributed by atoms with E-state index in [0.29, 0.717) is 46.9 Å². The summed E-state index contributed by atoms with van der Waals surface area (Å²) in [6.07, 6.45) is 0.936. The van der Waals surface area contributed by atoms with Crippen molar-refractivity contribution in [1.82, 2.24) is 4.90 Å². The van der Waals surface area contributed by atoms with Crippen LogP contribution in [-0.4, -0.2) is 42.4 Å². The molecule has 0 bridgehead atoms. The second kappa shape index (κ2) is 9.71. The highest BCUT2D eigenvalue weighted by molar-refractivity contribution is 7.18. The number of nitriles is 1. The first-order chi connectivity index (χ1) is 14.8. The van der Waals surface area contributed by atoms with Crippen molar-refractivity contribution in [2.45, 2.75) is 26.7 Å². The number of thiophene rings is 1. The molecule has 0 atom stereocenters. The molecule has 0 saturated carbocycles. The van der Waals surface area contributed by atoms with Crippen molar-refractivity contribution in [2.75, 3.05) is 25.0 Å². The van der Waals surface area contributed by atoms with Gasteiger partial charge >= 0.3 is 5.97 Å². The molecule has 0 spiro atoms. The Morgan fingerprint density at radius 2 is 1.90 bits per heavy atom. The van der Waals surface area contributed by atoms with Crippen LogP contribution in [0.4, 0.5) is 9.39 Å². The maximum Gasteiger partial charge on any atom is 0.348 e. The Hall–Kier alpha value is -3.25. The molecule has 2 aromatic rings. The SMILES string of the molecule is CCOC(=O)c1sc(NC(=O)C2CCN(C(=O)c3ccc(F)cc3)CC2)c(C#N)c1C. The van der Waals surface area contributed by atoms with Gasteiger partial charge in [-0.25, -0.2) is 9.18 Å². The van der Waals surface area contributed by atoms with Crippen LogP contribution < -0.4 is 5.32 Å². The first kappa shape index (κ1) is 22.4. The fourth-order valence-electron chi connectivity index (χ4n) is 3.46. The summed E-state index contributed by atoms with van der Waals surface area (Å²) in [5.41, 5.74) is 1.15. The summed E-state index contributed by atoms with van der Waals surface area (Å²) in [5.74, 6) is -1.69. The molecule has 0 radical (unpaired) electrons. The zero-order chi connectivity index (χ0) is 22.5. The first-order valence-corrected chi connectivity index (χ1v) is 10.7. The van der Waals surface area contributed by atoms with E-state index in [-0.39, 0.29) is 29.9 Å². The minimum atomic E-state index is -0.519. The van der Waals surface area contributed by atoms with Gasteiger partial charge in [-0.1, -0.05) is 0 Å². The highest BCUT2D eigenvalue weighted by Crippen LogP contribution is 2.34. The smallest absolute Gasteiger partial charge is 0.348 e. The molecule has 2 amide bonds. The Morgan fingerprint density at radius 3 is 2.48 bits per heavy atom. The number of benzene rings is 1. The van der Waals surface area contributed by atoms with Gasteiger partial charge in [0, 0.05) is 24.6 Å². The molecule has 0 aliphatic carbocycles. The molecule has 7 nitrogen and oxygen atoms in total. The molecule has 1 aromatic heterocycles. The van der Waals surface area contributed by atoms with Crippen LogP contribution in [0.3, 0.4) is 0 Å². The molecule has 162 valence electrons. The molecule has 9 heteroatoms. The Labute approximate surface area is 183 Å². The number of hydrogen-bond donors (Lipinski definition) is 1. The van der Waals surface area contributed by atoms with Gasteiger partial charge in [-0.2, -0.15) is 5.26 Å². The van der Waals surface area contributed by atoms with Crippen LogP contribution in [0.25, 0.3) is 0 Å². The molecule has 1 N–H and O–H groups in total. The fourth-order valence-corrected chi connectivity index (χ4v) is 4.52. The Kier molecular flexibility index (Phi) is 7.02. The zero-order valence-electron chi connectivity index (χ0n) is 17.2. The van der Waals surface area contributed by atoms with E-state index in [4.69, 9.17) is 4.74 Å². The molecule has 1 aromatic carbocycles. The highest BCUT2D eigenvalue weighted by Gasteiger charge is 2.29. The minimum Gasteiger partial charge on any atom is -0.462 e. The first-order valence-electron chi connectivity index (χ1n) is 9.92. The van der Waals surface area contributed by atoms with Crippen molar-refractivity contribution in [1.29, 1.82) is 5.26 Å². The number of nitrogens with zero attached hydrogens (tertiary/aromatic N) is 2. The number of likely N-dealkylation sites (tertiary alicyclic amines) is 1. The van der Waals surface area contributed by atoms with Crippen molar-refractivity contribution in [3.8, 4) is 6.07 Å². The number of halogens is 1. The average molecular weight is 444 g/mol. The summed E-state index contributed by atoms with van der Waals surface area (Å²) >= 11 is 1.03. The van der Waals surface area contributed by atoms with Gasteiger partial charge in [0.05, 0.1) is 12.2 Å². The number of piperidine rings is 1. The number of carbonyl (C=O) groups excluding carboxylic acids is 3. The maximum absolute atomic E-state index is 13.1. The Morgan fingerprint density at radius 1 is 1.26 bits per heavy atom. The van der Waals surface area contributed by atoms with Gasteiger partial charge in [-0.15, -0.1) is 11.3 Å². The van der Waals surface area contributed by atoms with Gasteiger partial charge in [-0.3, -0.25) is 9.59 Å². The van der Waals surface area contributed by atoms with Gasteiger partial charge in [0.15, 0.2) is 0 Å². The maximum atomic E-state index is 13.1. The number of hydrogen-bond acceptors (Lipinski definition) is 6. The monoisotopic (exact) mass is 443 g/mol. The lowest BCUT2D eigenvalue weighted by atomic mass is 9.95. The number of ether oxygens (including phenoxy) is 1. The number of anilines is 1. The van der Waals surface area contributed by atoms with Crippen molar-refractivity contribution >= 4 is 34.1 Å². The zero-order valence-corrected chi connectivity index (χ0v) is 18.1. The van der Waals surface area contributed by atoms with Crippen LogP contribution in [0.15, 0.2) is 24.3 Å². The quantitative estimate of drug-likeness (QED) is 0.710. The molecule has 1 fully saturated rings. The van der Waals surface area contributed by atoms with Crippen LogP contribution in [0, 0.1) is 30.0 Å². The Bertz CT molecular complexity index is 1030. The molecular weight excluding hydrogens is 421 g/mol. The molecule has 3 rings (SSSR count). The average Bonchev–Trinajstić information content (AvgIpc) is 3.09. The lowest BCUT2D eigenvalue weighted by Gasteiger charge is -2.31. The predicted molar refractivity (Wildman–Crippen MR) is 113 cm³/mol. The van der Waals surface area contributed by atoms with Gasteiger partial charge in [0.2, 0.25) is 5.91 Å². The molecule has 2 heterocycles. The molecule has 31 heavy (non-hydrogen) atoms. The molecular formula is C22H22FN3O4S. The molecule has 1 saturated heterocycles. The van der Waals surface area contributed by atoms with Crippen LogP contribution in [0.2, 0.25) is 0 Å². The van der Waals surface area contributed by atoms with E-state index in [1.807, 2.05) is 6.07 Å². The van der Waals surface area contributed by atoms with Crippen LogP contribution >= 0.6 is 11.3 Å². The van der Waals surface area contributed by atoms with Crippen molar-refractivity contribution in [2.24, 2.45) is 5.92 Å². The fraction of sp³-hybridized carbons (Fsp3) is 0.364. The van der Waals surface area contributed by atoms with Gasteiger partial charge in [-0.05, 0) is 56.5 Å². The lowest BCUT2D eigenvalue weighted by Crippen LogP contribution is -2.41. The topological polar surface area (TPSA) is 99.5 Å². The number of rotatable bonds is 5. The third kappa shape index (κ3) is 4.91. The van der Waals surface area contributed by atoms with Gasteiger partial charge in [0.1, 0.15) is 21.8 Å². The second-order valence-corrected chi connectivity index (χ2v) is 8.18. The second-order valence-electron chi connectivity index (χ2n) is 7.16. The van der Waals surface area contributed by atoms with Crippen LogP contribution in [0.1, 0.15) is 50.9 Å². The van der Waals surface area contributed by atoms with E-state index in [1.165, 1.54) is 24.3 Å². The van der Waals surface area contributed by atoms with E-state index in [1.54, 1.807) is 18.7 Å².